The van der Waals surface area contributed by atoms with Crippen LogP contribution in [0.5, 0.6) is 0 Å². The van der Waals surface area contributed by atoms with E-state index in [0.717, 1.165) is 5.56 Å². The van der Waals surface area contributed by atoms with Crippen molar-refractivity contribution < 1.29 is 5.11 Å². The van der Waals surface area contributed by atoms with E-state index in [1.54, 1.807) is 10.7 Å². The molecule has 0 amide bonds. The van der Waals surface area contributed by atoms with Gasteiger partial charge in [-0.1, -0.05) is 19.9 Å². The number of tetrazole rings is 1. The molecule has 1 unspecified atom stereocenters. The predicted molar refractivity (Wildman–Crippen MR) is 70.5 cm³/mol. The number of nitrogens with one attached hydrogen (secondary N) is 1. The zero-order valence-electron chi connectivity index (χ0n) is 11.2. The van der Waals surface area contributed by atoms with Gasteiger partial charge in [0, 0.05) is 24.3 Å². The summed E-state index contributed by atoms with van der Waals surface area (Å²) in [5, 5.41) is 24.8. The standard InChI is InChI=1S/C13H19N5O/c1-13(2)5-10(6-13)14-7-11(19)9-3-4-12-15-16-17-18(12)8-9/h3-4,8,10-11,14,19H,5-7H2,1-2H3. The molecule has 2 heterocycles. The summed E-state index contributed by atoms with van der Waals surface area (Å²) in [6.45, 7) is 5.11. The Hall–Kier alpha value is -1.53. The van der Waals surface area contributed by atoms with Crippen molar-refractivity contribution in [1.29, 1.82) is 0 Å². The first-order chi connectivity index (χ1) is 9.03. The van der Waals surface area contributed by atoms with Crippen molar-refractivity contribution in [2.24, 2.45) is 5.41 Å². The van der Waals surface area contributed by atoms with Gasteiger partial charge in [-0.2, -0.15) is 0 Å². The molecule has 6 heteroatoms. The van der Waals surface area contributed by atoms with E-state index >= 15 is 0 Å². The normalized spacial score (nSPS) is 20.4. The van der Waals surface area contributed by atoms with Gasteiger partial charge >= 0.3 is 0 Å². The van der Waals surface area contributed by atoms with E-state index in [1.807, 2.05) is 12.1 Å². The molecule has 1 aliphatic carbocycles. The molecular formula is C13H19N5O. The van der Waals surface area contributed by atoms with Crippen LogP contribution in [-0.2, 0) is 0 Å². The minimum absolute atomic E-state index is 0.452. The Morgan fingerprint density at radius 3 is 3.00 bits per heavy atom. The van der Waals surface area contributed by atoms with Gasteiger partial charge < -0.3 is 10.4 Å². The molecule has 1 saturated carbocycles. The fraction of sp³-hybridized carbons (Fsp3) is 0.615. The highest BCUT2D eigenvalue weighted by Crippen LogP contribution is 2.39. The highest BCUT2D eigenvalue weighted by molar-refractivity contribution is 5.36. The summed E-state index contributed by atoms with van der Waals surface area (Å²) >= 11 is 0. The van der Waals surface area contributed by atoms with Crippen LogP contribution in [0.3, 0.4) is 0 Å². The number of fused-ring (bicyclic) bond motifs is 1. The van der Waals surface area contributed by atoms with Gasteiger partial charge in [-0.25, -0.2) is 4.52 Å². The van der Waals surface area contributed by atoms with Crippen molar-refractivity contribution >= 4 is 5.65 Å². The topological polar surface area (TPSA) is 75.3 Å². The quantitative estimate of drug-likeness (QED) is 0.856. The van der Waals surface area contributed by atoms with Crippen molar-refractivity contribution in [1.82, 2.24) is 25.4 Å². The Morgan fingerprint density at radius 1 is 1.47 bits per heavy atom. The number of pyridine rings is 1. The monoisotopic (exact) mass is 261 g/mol. The van der Waals surface area contributed by atoms with Gasteiger partial charge in [0.15, 0.2) is 5.65 Å². The first-order valence-corrected chi connectivity index (χ1v) is 6.63. The fourth-order valence-corrected chi connectivity index (χ4v) is 2.77. The summed E-state index contributed by atoms with van der Waals surface area (Å²) in [6, 6.07) is 4.20. The second kappa shape index (κ2) is 4.54. The molecule has 19 heavy (non-hydrogen) atoms. The lowest BCUT2D eigenvalue weighted by molar-refractivity contribution is 0.102. The Kier molecular flexibility index (Phi) is 2.99. The Morgan fingerprint density at radius 2 is 2.26 bits per heavy atom. The zero-order chi connectivity index (χ0) is 13.5. The van der Waals surface area contributed by atoms with Crippen molar-refractivity contribution in [2.75, 3.05) is 6.54 Å². The minimum atomic E-state index is -0.530. The van der Waals surface area contributed by atoms with Crippen LogP contribution in [0.2, 0.25) is 0 Å². The van der Waals surface area contributed by atoms with Crippen molar-refractivity contribution in [3.63, 3.8) is 0 Å². The van der Waals surface area contributed by atoms with Crippen molar-refractivity contribution in [3.8, 4) is 0 Å². The number of hydrogen-bond donors (Lipinski definition) is 2. The number of aliphatic hydroxyl groups excluding tert-OH is 1. The van der Waals surface area contributed by atoms with Crippen LogP contribution in [0.25, 0.3) is 5.65 Å². The summed E-state index contributed by atoms with van der Waals surface area (Å²) in [7, 11) is 0. The molecule has 1 fully saturated rings. The third-order valence-corrected chi connectivity index (χ3v) is 3.80. The predicted octanol–water partition coefficient (Wildman–Crippen LogP) is 0.936. The van der Waals surface area contributed by atoms with Gasteiger partial charge in [0.25, 0.3) is 0 Å². The van der Waals surface area contributed by atoms with Gasteiger partial charge in [0.2, 0.25) is 0 Å². The summed E-state index contributed by atoms with van der Waals surface area (Å²) in [6.07, 6.45) is 3.58. The minimum Gasteiger partial charge on any atom is -0.387 e. The molecular weight excluding hydrogens is 242 g/mol. The number of rotatable bonds is 4. The van der Waals surface area contributed by atoms with Gasteiger partial charge in [-0.05, 0) is 34.7 Å². The first-order valence-electron chi connectivity index (χ1n) is 6.63. The van der Waals surface area contributed by atoms with Crippen LogP contribution in [0.4, 0.5) is 0 Å². The molecule has 1 atom stereocenters. The number of hydrogen-bond acceptors (Lipinski definition) is 5. The smallest absolute Gasteiger partial charge is 0.179 e. The maximum Gasteiger partial charge on any atom is 0.179 e. The lowest BCUT2D eigenvalue weighted by atomic mass is 9.68. The molecule has 0 saturated heterocycles. The van der Waals surface area contributed by atoms with E-state index in [0.29, 0.717) is 23.6 Å². The Balaban J connectivity index is 1.59. The number of nitrogens with zero attached hydrogens (tertiary/aromatic N) is 4. The molecule has 6 nitrogen and oxygen atoms in total. The molecule has 1 aliphatic rings. The van der Waals surface area contributed by atoms with Crippen LogP contribution in [0.1, 0.15) is 38.4 Å². The Labute approximate surface area is 111 Å². The van der Waals surface area contributed by atoms with Gasteiger partial charge in [0.1, 0.15) is 0 Å². The molecule has 2 N–H and O–H groups in total. The average molecular weight is 261 g/mol. The largest absolute Gasteiger partial charge is 0.387 e. The molecule has 2 aromatic rings. The molecule has 2 aromatic heterocycles. The van der Waals surface area contributed by atoms with E-state index in [1.165, 1.54) is 12.8 Å². The van der Waals surface area contributed by atoms with Crippen LogP contribution in [-0.4, -0.2) is 37.7 Å². The lowest BCUT2D eigenvalue weighted by Crippen LogP contribution is -2.47. The molecule has 0 aliphatic heterocycles. The average Bonchev–Trinajstić information content (AvgIpc) is 2.80. The second-order valence-corrected chi connectivity index (χ2v) is 6.14. The fourth-order valence-electron chi connectivity index (χ4n) is 2.77. The van der Waals surface area contributed by atoms with Crippen molar-refractivity contribution in [2.45, 2.75) is 38.8 Å². The van der Waals surface area contributed by atoms with Crippen LogP contribution < -0.4 is 5.32 Å². The SMILES string of the molecule is CC1(C)CC(NCC(O)c2ccc3nnnn3c2)C1. The van der Waals surface area contributed by atoms with Crippen LogP contribution >= 0.6 is 0 Å². The number of aliphatic hydroxyl groups is 1. The molecule has 102 valence electrons. The maximum atomic E-state index is 10.2. The van der Waals surface area contributed by atoms with Gasteiger partial charge in [-0.15, -0.1) is 5.10 Å². The maximum absolute atomic E-state index is 10.2. The van der Waals surface area contributed by atoms with Gasteiger partial charge in [0.05, 0.1) is 6.10 Å². The molecule has 3 rings (SSSR count). The zero-order valence-corrected chi connectivity index (χ0v) is 11.2. The number of aromatic nitrogens is 4. The highest BCUT2D eigenvalue weighted by atomic mass is 16.3. The first kappa shape index (κ1) is 12.5. The van der Waals surface area contributed by atoms with Crippen molar-refractivity contribution in [3.05, 3.63) is 23.9 Å². The molecule has 0 bridgehead atoms. The third-order valence-electron chi connectivity index (χ3n) is 3.80. The van der Waals surface area contributed by atoms with E-state index < -0.39 is 6.10 Å². The van der Waals surface area contributed by atoms with Crippen LogP contribution in [0.15, 0.2) is 18.3 Å². The van der Waals surface area contributed by atoms with E-state index in [-0.39, 0.29) is 0 Å². The summed E-state index contributed by atoms with van der Waals surface area (Å²) < 4.78 is 1.57. The molecule has 0 spiro atoms. The van der Waals surface area contributed by atoms with Crippen LogP contribution in [0, 0.1) is 5.41 Å². The van der Waals surface area contributed by atoms with E-state index in [2.05, 4.69) is 34.7 Å². The highest BCUT2D eigenvalue weighted by Gasteiger charge is 2.35. The summed E-state index contributed by atoms with van der Waals surface area (Å²) in [4.78, 5) is 0. The Bertz CT molecular complexity index is 571. The van der Waals surface area contributed by atoms with E-state index in [4.69, 9.17) is 0 Å². The summed E-state index contributed by atoms with van der Waals surface area (Å²) in [5.41, 5.74) is 1.96. The van der Waals surface area contributed by atoms with Gasteiger partial charge in [-0.3, -0.25) is 0 Å². The molecule has 0 radical (unpaired) electrons. The van der Waals surface area contributed by atoms with E-state index in [9.17, 15) is 5.11 Å². The molecule has 0 aromatic carbocycles. The second-order valence-electron chi connectivity index (χ2n) is 6.14. The summed E-state index contributed by atoms with van der Waals surface area (Å²) in [5.74, 6) is 0. The lowest BCUT2D eigenvalue weighted by Gasteiger charge is -2.43. The third kappa shape index (κ3) is 2.59.